The van der Waals surface area contributed by atoms with Gasteiger partial charge in [0.05, 0.1) is 0 Å². The highest BCUT2D eigenvalue weighted by molar-refractivity contribution is 6.27. The van der Waals surface area contributed by atoms with E-state index in [9.17, 15) is 4.79 Å². The Morgan fingerprint density at radius 2 is 1.27 bits per heavy atom. The van der Waals surface area contributed by atoms with Crippen molar-refractivity contribution in [3.8, 4) is 0 Å². The van der Waals surface area contributed by atoms with Crippen molar-refractivity contribution >= 4 is 17.7 Å². The second-order valence-corrected chi connectivity index (χ2v) is 1.67. The van der Waals surface area contributed by atoms with Crippen LogP contribution in [-0.2, 0) is 14.4 Å². The Morgan fingerprint density at radius 3 is 1.27 bits per heavy atom. The maximum atomic E-state index is 9.81. The zero-order chi connectivity index (χ0) is 9.44. The molecule has 0 unspecified atom stereocenters. The molecule has 0 saturated carbocycles. The van der Waals surface area contributed by atoms with Gasteiger partial charge in [0.2, 0.25) is 0 Å². The number of hydrogen-bond donors (Lipinski definition) is 2. The molecule has 0 bridgehead atoms. The van der Waals surface area contributed by atoms with E-state index in [2.05, 4.69) is 0 Å². The van der Waals surface area contributed by atoms with Crippen LogP contribution in [0.15, 0.2) is 0 Å². The van der Waals surface area contributed by atoms with Crippen molar-refractivity contribution in [1.82, 2.24) is 0 Å². The topological polar surface area (TPSA) is 91.7 Å². The van der Waals surface area contributed by atoms with Crippen molar-refractivity contribution in [2.24, 2.45) is 0 Å². The zero-order valence-corrected chi connectivity index (χ0v) is 6.33. The highest BCUT2D eigenvalue weighted by atomic mass is 16.4. The Kier molecular flexibility index (Phi) is 7.52. The van der Waals surface area contributed by atoms with Crippen LogP contribution in [0.1, 0.15) is 20.3 Å². The molecule has 0 aliphatic heterocycles. The van der Waals surface area contributed by atoms with E-state index in [0.717, 1.165) is 0 Å². The largest absolute Gasteiger partial charge is 0.473 e. The van der Waals surface area contributed by atoms with Gasteiger partial charge in [-0.1, -0.05) is 6.92 Å². The second kappa shape index (κ2) is 6.73. The van der Waals surface area contributed by atoms with Gasteiger partial charge >= 0.3 is 11.9 Å². The van der Waals surface area contributed by atoms with Crippen LogP contribution in [0.3, 0.4) is 0 Å². The van der Waals surface area contributed by atoms with Crippen molar-refractivity contribution in [3.05, 3.63) is 0 Å². The lowest BCUT2D eigenvalue weighted by Crippen LogP contribution is -2.09. The Morgan fingerprint density at radius 1 is 1.09 bits per heavy atom. The summed E-state index contributed by atoms with van der Waals surface area (Å²) in [5.74, 6) is -3.39. The van der Waals surface area contributed by atoms with Gasteiger partial charge in [-0.15, -0.1) is 0 Å². The van der Waals surface area contributed by atoms with Crippen molar-refractivity contribution in [2.75, 3.05) is 0 Å². The highest BCUT2D eigenvalue weighted by Gasteiger charge is 2.04. The predicted octanol–water partition coefficient (Wildman–Crippen LogP) is 0.141. The van der Waals surface area contributed by atoms with Crippen LogP contribution in [0.2, 0.25) is 0 Å². The van der Waals surface area contributed by atoms with Crippen molar-refractivity contribution in [2.45, 2.75) is 20.3 Å². The fourth-order valence-electron chi connectivity index (χ4n) is 0. The fraction of sp³-hybridized carbons (Fsp3) is 0.500. The van der Waals surface area contributed by atoms with Gasteiger partial charge in [-0.2, -0.15) is 0 Å². The first kappa shape index (κ1) is 12.3. The van der Waals surface area contributed by atoms with E-state index >= 15 is 0 Å². The smallest absolute Gasteiger partial charge is 0.414 e. The van der Waals surface area contributed by atoms with Gasteiger partial charge in [-0.05, 0) is 6.92 Å². The number of carboxylic acids is 2. The molecule has 0 aliphatic carbocycles. The SMILES string of the molecule is CCC(C)=O.O=C(O)C(=O)O. The van der Waals surface area contributed by atoms with Crippen LogP contribution < -0.4 is 0 Å². The minimum atomic E-state index is -1.82. The van der Waals surface area contributed by atoms with E-state index in [1.807, 2.05) is 6.92 Å². The summed E-state index contributed by atoms with van der Waals surface area (Å²) in [4.78, 5) is 28.0. The number of carbonyl (C=O) groups is 3. The second-order valence-electron chi connectivity index (χ2n) is 1.67. The average molecular weight is 162 g/mol. The van der Waals surface area contributed by atoms with E-state index in [1.165, 1.54) is 0 Å². The van der Waals surface area contributed by atoms with Gasteiger partial charge in [-0.3, -0.25) is 0 Å². The quantitative estimate of drug-likeness (QED) is 0.535. The normalized spacial score (nSPS) is 7.45. The van der Waals surface area contributed by atoms with Crippen LogP contribution in [0.5, 0.6) is 0 Å². The van der Waals surface area contributed by atoms with Crippen LogP contribution in [0, 0.1) is 0 Å². The third kappa shape index (κ3) is 17.7. The minimum absolute atomic E-state index is 0.255. The average Bonchev–Trinajstić information content (AvgIpc) is 1.89. The summed E-state index contributed by atoms with van der Waals surface area (Å²) in [6, 6.07) is 0. The van der Waals surface area contributed by atoms with Gasteiger partial charge in [0.25, 0.3) is 0 Å². The Bertz CT molecular complexity index is 148. The third-order valence-corrected chi connectivity index (χ3v) is 0.681. The molecule has 5 heteroatoms. The van der Waals surface area contributed by atoms with Crippen LogP contribution in [0.25, 0.3) is 0 Å². The van der Waals surface area contributed by atoms with Crippen molar-refractivity contribution in [3.63, 3.8) is 0 Å². The lowest BCUT2D eigenvalue weighted by molar-refractivity contribution is -0.159. The molecule has 0 aromatic heterocycles. The molecule has 0 fully saturated rings. The Balaban J connectivity index is 0. The molecule has 0 aromatic carbocycles. The summed E-state index contributed by atoms with van der Waals surface area (Å²) in [5, 5.41) is 14.8. The standard InChI is InChI=1S/C4H8O.C2H2O4/c1-3-4(2)5;3-1(4)2(5)6/h3H2,1-2H3;(H,3,4)(H,5,6). The van der Waals surface area contributed by atoms with E-state index < -0.39 is 11.9 Å². The first-order chi connectivity index (χ1) is 4.91. The highest BCUT2D eigenvalue weighted by Crippen LogP contribution is 1.71. The lowest BCUT2D eigenvalue weighted by Gasteiger charge is -1.72. The Hall–Kier alpha value is -1.39. The first-order valence-corrected chi connectivity index (χ1v) is 2.87. The number of ketones is 1. The monoisotopic (exact) mass is 162 g/mol. The van der Waals surface area contributed by atoms with Crippen LogP contribution >= 0.6 is 0 Å². The molecule has 0 aromatic rings. The molecule has 0 saturated heterocycles. The number of rotatable bonds is 1. The van der Waals surface area contributed by atoms with E-state index in [1.54, 1.807) is 6.92 Å². The van der Waals surface area contributed by atoms with Crippen LogP contribution in [0.4, 0.5) is 0 Å². The number of aliphatic carboxylic acids is 2. The number of hydrogen-bond acceptors (Lipinski definition) is 3. The van der Waals surface area contributed by atoms with Crippen LogP contribution in [-0.4, -0.2) is 27.9 Å². The number of Topliss-reactive ketones (excluding diaryl/α,β-unsaturated/α-hetero) is 1. The van der Waals surface area contributed by atoms with Gasteiger partial charge in [0.15, 0.2) is 0 Å². The molecule has 64 valence electrons. The van der Waals surface area contributed by atoms with Gasteiger partial charge in [0.1, 0.15) is 5.78 Å². The molecule has 0 heterocycles. The summed E-state index contributed by atoms with van der Waals surface area (Å²) in [5.41, 5.74) is 0. The molecule has 0 spiro atoms. The molecule has 5 nitrogen and oxygen atoms in total. The van der Waals surface area contributed by atoms with E-state index in [4.69, 9.17) is 19.8 Å². The molecular formula is C6H10O5. The molecule has 0 aliphatic rings. The lowest BCUT2D eigenvalue weighted by atomic mass is 10.4. The number of carbonyl (C=O) groups excluding carboxylic acids is 1. The Labute approximate surface area is 63.6 Å². The summed E-state index contributed by atoms with van der Waals surface area (Å²) in [7, 11) is 0. The van der Waals surface area contributed by atoms with Crippen molar-refractivity contribution < 1.29 is 24.6 Å². The zero-order valence-electron chi connectivity index (χ0n) is 6.33. The maximum absolute atomic E-state index is 9.81. The molecule has 2 N–H and O–H groups in total. The first-order valence-electron chi connectivity index (χ1n) is 2.87. The van der Waals surface area contributed by atoms with Crippen molar-refractivity contribution in [1.29, 1.82) is 0 Å². The summed E-state index contributed by atoms with van der Waals surface area (Å²) >= 11 is 0. The molecule has 11 heavy (non-hydrogen) atoms. The van der Waals surface area contributed by atoms with E-state index in [0.29, 0.717) is 6.42 Å². The number of carboxylic acid groups (broad SMARTS) is 2. The van der Waals surface area contributed by atoms with Gasteiger partial charge < -0.3 is 15.0 Å². The predicted molar refractivity (Wildman–Crippen MR) is 36.2 cm³/mol. The van der Waals surface area contributed by atoms with Gasteiger partial charge in [-0.25, -0.2) is 9.59 Å². The summed E-state index contributed by atoms with van der Waals surface area (Å²) < 4.78 is 0. The van der Waals surface area contributed by atoms with E-state index in [-0.39, 0.29) is 5.78 Å². The third-order valence-electron chi connectivity index (χ3n) is 0.681. The molecule has 0 atom stereocenters. The molecular weight excluding hydrogens is 152 g/mol. The van der Waals surface area contributed by atoms with Gasteiger partial charge in [0, 0.05) is 6.42 Å². The molecule has 0 radical (unpaired) electrons. The summed E-state index contributed by atoms with van der Waals surface area (Å²) in [6.45, 7) is 3.43. The molecule has 0 amide bonds. The fourth-order valence-corrected chi connectivity index (χ4v) is 0. The summed E-state index contributed by atoms with van der Waals surface area (Å²) in [6.07, 6.45) is 0.667. The maximum Gasteiger partial charge on any atom is 0.414 e. The minimum Gasteiger partial charge on any atom is -0.473 e. The molecule has 0 rings (SSSR count).